The molecule has 0 saturated carbocycles. The van der Waals surface area contributed by atoms with E-state index >= 15 is 0 Å². The molecule has 12 rings (SSSR count). The molecule has 0 unspecified atom stereocenters. The summed E-state index contributed by atoms with van der Waals surface area (Å²) in [4.78, 5) is 0. The predicted molar refractivity (Wildman–Crippen MR) is 229 cm³/mol. The number of hydrogen-bond acceptors (Lipinski definition) is 2. The first-order valence-corrected chi connectivity index (χ1v) is 18.8. The van der Waals surface area contributed by atoms with Gasteiger partial charge in [-0.1, -0.05) is 146 Å². The number of furan rings is 2. The van der Waals surface area contributed by atoms with E-state index in [1.165, 1.54) is 54.5 Å². The zero-order chi connectivity index (χ0) is 36.0. The van der Waals surface area contributed by atoms with Gasteiger partial charge in [-0.25, -0.2) is 0 Å². The summed E-state index contributed by atoms with van der Waals surface area (Å²) < 4.78 is 16.0. The van der Waals surface area contributed by atoms with Gasteiger partial charge in [0, 0.05) is 49.3 Å². The third-order valence-electron chi connectivity index (χ3n) is 11.4. The summed E-state index contributed by atoms with van der Waals surface area (Å²) >= 11 is 0. The van der Waals surface area contributed by atoms with Crippen molar-refractivity contribution in [2.45, 2.75) is 0 Å². The molecule has 0 fully saturated rings. The highest BCUT2D eigenvalue weighted by Gasteiger charge is 2.27. The molecule has 12 aromatic rings. The van der Waals surface area contributed by atoms with Crippen LogP contribution in [-0.2, 0) is 0 Å². The standard InChI is InChI=1S/C52H31NO2/c1-3-16-32(17-4-1)50-49(42-31-30-39-34-20-12-14-29-45(34)54-51(39)52(42)55-50)48-37-23-9-7-21-35(37)46(36-22-8-10-24-38(36)48)41-26-15-28-44-47(41)40-25-11-13-27-43(40)53(44)33-18-5-2-6-19-33/h1-31H. The number of fused-ring (bicyclic) bond motifs is 10. The summed E-state index contributed by atoms with van der Waals surface area (Å²) in [6, 6.07) is 67.2. The van der Waals surface area contributed by atoms with Crippen molar-refractivity contribution in [1.29, 1.82) is 0 Å². The SMILES string of the molecule is c1ccc(-c2oc3c(ccc4c5ccccc5oc43)c2-c2c3ccccc3c(-c3cccc4c3c3ccccc3n4-c3ccccc3)c3ccccc23)cc1. The highest BCUT2D eigenvalue weighted by atomic mass is 16.4. The van der Waals surface area contributed by atoms with E-state index in [2.05, 4.69) is 180 Å². The van der Waals surface area contributed by atoms with Crippen LogP contribution in [0, 0.1) is 0 Å². The minimum absolute atomic E-state index is 0.762. The van der Waals surface area contributed by atoms with Crippen molar-refractivity contribution in [3.8, 4) is 39.3 Å². The lowest BCUT2D eigenvalue weighted by Crippen LogP contribution is -1.94. The lowest BCUT2D eigenvalue weighted by Gasteiger charge is -2.19. The molecule has 0 amide bonds. The molecular weight excluding hydrogens is 671 g/mol. The van der Waals surface area contributed by atoms with Crippen LogP contribution in [0.2, 0.25) is 0 Å². The number of aromatic nitrogens is 1. The molecule has 3 nitrogen and oxygen atoms in total. The Morgan fingerprint density at radius 3 is 1.60 bits per heavy atom. The average molecular weight is 702 g/mol. The maximum absolute atomic E-state index is 7.05. The zero-order valence-corrected chi connectivity index (χ0v) is 29.7. The van der Waals surface area contributed by atoms with Gasteiger partial charge in [-0.2, -0.15) is 0 Å². The van der Waals surface area contributed by atoms with Gasteiger partial charge in [-0.15, -0.1) is 0 Å². The number of rotatable bonds is 4. The average Bonchev–Trinajstić information content (AvgIpc) is 3.93. The van der Waals surface area contributed by atoms with E-state index in [0.29, 0.717) is 0 Å². The van der Waals surface area contributed by atoms with Crippen molar-refractivity contribution in [1.82, 2.24) is 4.57 Å². The Hall–Kier alpha value is -7.36. The van der Waals surface area contributed by atoms with Gasteiger partial charge in [-0.05, 0) is 75.1 Å². The van der Waals surface area contributed by atoms with Crippen LogP contribution < -0.4 is 0 Å². The first kappa shape index (κ1) is 30.1. The second-order valence-corrected chi connectivity index (χ2v) is 14.3. The monoisotopic (exact) mass is 701 g/mol. The molecule has 55 heavy (non-hydrogen) atoms. The van der Waals surface area contributed by atoms with Crippen molar-refractivity contribution in [2.75, 3.05) is 0 Å². The van der Waals surface area contributed by atoms with Crippen LogP contribution in [-0.4, -0.2) is 4.57 Å². The molecule has 0 saturated heterocycles. The molecule has 0 radical (unpaired) electrons. The van der Waals surface area contributed by atoms with Gasteiger partial charge < -0.3 is 13.4 Å². The quantitative estimate of drug-likeness (QED) is 0.171. The fraction of sp³-hybridized carbons (Fsp3) is 0. The van der Waals surface area contributed by atoms with Crippen molar-refractivity contribution < 1.29 is 8.83 Å². The van der Waals surface area contributed by atoms with Gasteiger partial charge >= 0.3 is 0 Å². The largest absolute Gasteiger partial charge is 0.452 e. The first-order valence-electron chi connectivity index (χ1n) is 18.8. The Morgan fingerprint density at radius 2 is 0.873 bits per heavy atom. The van der Waals surface area contributed by atoms with Gasteiger partial charge in [0.15, 0.2) is 11.2 Å². The maximum atomic E-state index is 7.05. The molecule has 0 N–H and O–H groups in total. The van der Waals surface area contributed by atoms with E-state index in [9.17, 15) is 0 Å². The Kier molecular flexibility index (Phi) is 6.34. The van der Waals surface area contributed by atoms with Crippen LogP contribution in [0.15, 0.2) is 197 Å². The lowest BCUT2D eigenvalue weighted by atomic mass is 9.83. The summed E-state index contributed by atoms with van der Waals surface area (Å²) in [5.74, 6) is 0.833. The van der Waals surface area contributed by atoms with Gasteiger partial charge in [0.1, 0.15) is 11.3 Å². The van der Waals surface area contributed by atoms with E-state index in [1.807, 2.05) is 12.1 Å². The Morgan fingerprint density at radius 1 is 0.327 bits per heavy atom. The summed E-state index contributed by atoms with van der Waals surface area (Å²) in [6.45, 7) is 0. The molecule has 3 heterocycles. The van der Waals surface area contributed by atoms with Crippen LogP contribution >= 0.6 is 0 Å². The normalized spacial score (nSPS) is 12.0. The summed E-state index contributed by atoms with van der Waals surface area (Å²) in [5, 5.41) is 10.4. The molecular formula is C52H31NO2. The predicted octanol–water partition coefficient (Wildman–Crippen LogP) is 14.7. The van der Waals surface area contributed by atoms with Crippen molar-refractivity contribution in [3.05, 3.63) is 188 Å². The zero-order valence-electron chi connectivity index (χ0n) is 29.7. The molecule has 256 valence electrons. The fourth-order valence-electron chi connectivity index (χ4n) is 9.15. The molecule has 0 aliphatic heterocycles. The van der Waals surface area contributed by atoms with E-state index in [1.54, 1.807) is 0 Å². The molecule has 0 atom stereocenters. The number of para-hydroxylation sites is 3. The summed E-state index contributed by atoms with van der Waals surface area (Å²) in [5.41, 5.74) is 11.6. The fourth-order valence-corrected chi connectivity index (χ4v) is 9.15. The van der Waals surface area contributed by atoms with E-state index in [0.717, 1.165) is 61.0 Å². The highest BCUT2D eigenvalue weighted by molar-refractivity contribution is 6.29. The minimum Gasteiger partial charge on any atom is -0.452 e. The Labute approximate surface area is 315 Å². The molecule has 9 aromatic carbocycles. The van der Waals surface area contributed by atoms with Crippen molar-refractivity contribution in [2.24, 2.45) is 0 Å². The third-order valence-corrected chi connectivity index (χ3v) is 11.4. The van der Waals surface area contributed by atoms with Crippen LogP contribution in [0.3, 0.4) is 0 Å². The molecule has 0 aliphatic carbocycles. The molecule has 3 aromatic heterocycles. The second kappa shape index (κ2) is 11.6. The lowest BCUT2D eigenvalue weighted by molar-refractivity contribution is 0.612. The van der Waals surface area contributed by atoms with Gasteiger partial charge in [-0.3, -0.25) is 0 Å². The van der Waals surface area contributed by atoms with E-state index in [4.69, 9.17) is 8.83 Å². The number of nitrogens with zero attached hydrogens (tertiary/aromatic N) is 1. The number of hydrogen-bond donors (Lipinski definition) is 0. The molecule has 0 spiro atoms. The number of benzene rings is 9. The van der Waals surface area contributed by atoms with Gasteiger partial charge in [0.2, 0.25) is 0 Å². The third kappa shape index (κ3) is 4.26. The minimum atomic E-state index is 0.762. The summed E-state index contributed by atoms with van der Waals surface area (Å²) in [6.07, 6.45) is 0. The van der Waals surface area contributed by atoms with Gasteiger partial charge in [0.25, 0.3) is 0 Å². The van der Waals surface area contributed by atoms with Crippen LogP contribution in [0.1, 0.15) is 0 Å². The van der Waals surface area contributed by atoms with Gasteiger partial charge in [0.05, 0.1) is 11.0 Å². The Bertz CT molecular complexity index is 3420. The smallest absolute Gasteiger partial charge is 0.178 e. The Balaban J connectivity index is 1.23. The van der Waals surface area contributed by atoms with Crippen LogP contribution in [0.4, 0.5) is 0 Å². The first-order chi connectivity index (χ1) is 27.3. The van der Waals surface area contributed by atoms with Crippen molar-refractivity contribution in [3.63, 3.8) is 0 Å². The van der Waals surface area contributed by atoms with Crippen molar-refractivity contribution >= 4 is 76.3 Å². The molecule has 3 heteroatoms. The van der Waals surface area contributed by atoms with Crippen LogP contribution in [0.25, 0.3) is 116 Å². The van der Waals surface area contributed by atoms with E-state index < -0.39 is 0 Å². The second-order valence-electron chi connectivity index (χ2n) is 14.3. The maximum Gasteiger partial charge on any atom is 0.178 e. The summed E-state index contributed by atoms with van der Waals surface area (Å²) in [7, 11) is 0. The van der Waals surface area contributed by atoms with E-state index in [-0.39, 0.29) is 0 Å². The molecule has 0 aliphatic rings. The molecule has 0 bridgehead atoms. The highest BCUT2D eigenvalue weighted by Crippen LogP contribution is 2.52. The van der Waals surface area contributed by atoms with Crippen LogP contribution in [0.5, 0.6) is 0 Å². The topological polar surface area (TPSA) is 31.2 Å².